The van der Waals surface area contributed by atoms with E-state index in [9.17, 15) is 13.2 Å². The smallest absolute Gasteiger partial charge is 0.265 e. The van der Waals surface area contributed by atoms with Crippen molar-refractivity contribution in [2.24, 2.45) is 0 Å². The third-order valence-electron chi connectivity index (χ3n) is 3.69. The molecular formula is C17H15IN2O3S2. The third-order valence-corrected chi connectivity index (χ3v) is 6.73. The lowest BCUT2D eigenvalue weighted by Crippen LogP contribution is -2.24. The van der Waals surface area contributed by atoms with Crippen LogP contribution < -0.4 is 9.62 Å². The lowest BCUT2D eigenvalue weighted by molar-refractivity contribution is 0.103. The summed E-state index contributed by atoms with van der Waals surface area (Å²) in [7, 11) is -1.81. The molecule has 3 rings (SSSR count). The maximum absolute atomic E-state index is 12.4. The summed E-state index contributed by atoms with van der Waals surface area (Å²) >= 11 is 3.58. The highest BCUT2D eigenvalue weighted by Crippen LogP contribution is 2.30. The van der Waals surface area contributed by atoms with E-state index in [0.29, 0.717) is 10.6 Å². The van der Waals surface area contributed by atoms with Crippen LogP contribution in [0.15, 0.2) is 48.5 Å². The molecule has 2 aromatic carbocycles. The van der Waals surface area contributed by atoms with E-state index >= 15 is 0 Å². The Hall–Kier alpha value is -1.65. The number of halogens is 1. The zero-order valence-corrected chi connectivity index (χ0v) is 17.3. The second kappa shape index (κ2) is 6.93. The van der Waals surface area contributed by atoms with Gasteiger partial charge in [-0.05, 0) is 76.5 Å². The van der Waals surface area contributed by atoms with Crippen molar-refractivity contribution in [3.05, 3.63) is 57.0 Å². The summed E-state index contributed by atoms with van der Waals surface area (Å²) in [6.45, 7) is 0. The molecule has 0 bridgehead atoms. The molecule has 0 radical (unpaired) electrons. The summed E-state index contributed by atoms with van der Waals surface area (Å²) in [5, 5.41) is 3.71. The fourth-order valence-corrected chi connectivity index (χ4v) is 4.05. The molecule has 3 aromatic rings. The Morgan fingerprint density at radius 2 is 1.80 bits per heavy atom. The second-order valence-electron chi connectivity index (χ2n) is 5.52. The molecule has 5 nitrogen and oxygen atoms in total. The van der Waals surface area contributed by atoms with E-state index in [1.54, 1.807) is 18.2 Å². The van der Waals surface area contributed by atoms with Gasteiger partial charge in [-0.25, -0.2) is 8.42 Å². The van der Waals surface area contributed by atoms with E-state index in [2.05, 4.69) is 27.9 Å². The van der Waals surface area contributed by atoms with E-state index in [1.165, 1.54) is 22.7 Å². The van der Waals surface area contributed by atoms with E-state index < -0.39 is 10.0 Å². The monoisotopic (exact) mass is 486 g/mol. The van der Waals surface area contributed by atoms with Gasteiger partial charge in [0, 0.05) is 21.0 Å². The molecule has 0 spiro atoms. The summed E-state index contributed by atoms with van der Waals surface area (Å²) in [4.78, 5) is 13.0. The van der Waals surface area contributed by atoms with Crippen LogP contribution in [0.4, 0.5) is 11.4 Å². The Labute approximate surface area is 163 Å². The second-order valence-corrected chi connectivity index (χ2v) is 9.87. The predicted molar refractivity (Wildman–Crippen MR) is 112 cm³/mol. The molecule has 0 saturated carbocycles. The van der Waals surface area contributed by atoms with Gasteiger partial charge in [-0.3, -0.25) is 9.10 Å². The number of anilines is 2. The molecule has 1 N–H and O–H groups in total. The molecule has 0 saturated heterocycles. The minimum atomic E-state index is -3.32. The number of amides is 1. The molecule has 25 heavy (non-hydrogen) atoms. The van der Waals surface area contributed by atoms with Crippen LogP contribution in [0.3, 0.4) is 0 Å². The minimum absolute atomic E-state index is 0.180. The molecule has 1 heterocycles. The van der Waals surface area contributed by atoms with Gasteiger partial charge >= 0.3 is 0 Å². The van der Waals surface area contributed by atoms with Gasteiger partial charge in [-0.2, -0.15) is 0 Å². The molecule has 0 atom stereocenters. The van der Waals surface area contributed by atoms with Gasteiger partial charge in [0.1, 0.15) is 0 Å². The number of carbonyl (C=O) groups excluding carboxylic acids is 1. The third kappa shape index (κ3) is 4.13. The van der Waals surface area contributed by atoms with Crippen molar-refractivity contribution in [1.82, 2.24) is 0 Å². The Bertz CT molecular complexity index is 1040. The molecule has 130 valence electrons. The first kappa shape index (κ1) is 18.2. The van der Waals surface area contributed by atoms with E-state index in [0.717, 1.165) is 25.6 Å². The van der Waals surface area contributed by atoms with Crippen LogP contribution in [0.25, 0.3) is 10.1 Å². The number of nitrogens with zero attached hydrogens (tertiary/aromatic N) is 1. The molecule has 0 aliphatic rings. The quantitative estimate of drug-likeness (QED) is 0.564. The van der Waals surface area contributed by atoms with Crippen LogP contribution in [-0.2, 0) is 10.0 Å². The van der Waals surface area contributed by atoms with Gasteiger partial charge in [-0.15, -0.1) is 11.3 Å². The van der Waals surface area contributed by atoms with E-state index in [-0.39, 0.29) is 5.91 Å². The molecule has 0 fully saturated rings. The molecule has 0 aliphatic heterocycles. The largest absolute Gasteiger partial charge is 0.321 e. The van der Waals surface area contributed by atoms with Crippen molar-refractivity contribution in [2.45, 2.75) is 0 Å². The molecule has 1 aromatic heterocycles. The van der Waals surface area contributed by atoms with Crippen molar-refractivity contribution in [3.63, 3.8) is 0 Å². The average molecular weight is 486 g/mol. The molecule has 0 aliphatic carbocycles. The van der Waals surface area contributed by atoms with Gasteiger partial charge in [0.25, 0.3) is 5.91 Å². The topological polar surface area (TPSA) is 66.5 Å². The van der Waals surface area contributed by atoms with E-state index in [1.807, 2.05) is 30.3 Å². The van der Waals surface area contributed by atoms with Gasteiger partial charge in [0.05, 0.1) is 16.8 Å². The maximum Gasteiger partial charge on any atom is 0.265 e. The number of benzene rings is 2. The number of carbonyl (C=O) groups is 1. The van der Waals surface area contributed by atoms with Gasteiger partial charge in [0.2, 0.25) is 10.0 Å². The number of rotatable bonds is 4. The summed E-state index contributed by atoms with van der Waals surface area (Å²) in [5.41, 5.74) is 1.30. The van der Waals surface area contributed by atoms with Crippen molar-refractivity contribution < 1.29 is 13.2 Å². The molecular weight excluding hydrogens is 471 g/mol. The minimum Gasteiger partial charge on any atom is -0.321 e. The SMILES string of the molecule is CN(c1ccc2sc(C(=O)Nc3ccc(I)cc3)cc2c1)S(C)(=O)=O. The number of hydrogen-bond acceptors (Lipinski definition) is 4. The standard InChI is InChI=1S/C17H15IN2O3S2/c1-20(25(2,22)23)14-7-8-15-11(9-14)10-16(24-15)17(21)19-13-5-3-12(18)4-6-13/h3-10H,1-2H3,(H,19,21). The lowest BCUT2D eigenvalue weighted by Gasteiger charge is -2.16. The normalized spacial score (nSPS) is 11.5. The summed E-state index contributed by atoms with van der Waals surface area (Å²) in [6, 6.07) is 14.7. The summed E-state index contributed by atoms with van der Waals surface area (Å²) in [6.07, 6.45) is 1.16. The van der Waals surface area contributed by atoms with Crippen LogP contribution in [0.2, 0.25) is 0 Å². The Kier molecular flexibility index (Phi) is 5.03. The number of fused-ring (bicyclic) bond motifs is 1. The fraction of sp³-hybridized carbons (Fsp3) is 0.118. The molecule has 1 amide bonds. The van der Waals surface area contributed by atoms with Gasteiger partial charge in [-0.1, -0.05) is 0 Å². The predicted octanol–water partition coefficient (Wildman–Crippen LogP) is 4.15. The lowest BCUT2D eigenvalue weighted by atomic mass is 10.2. The van der Waals surface area contributed by atoms with Crippen LogP contribution >= 0.6 is 33.9 Å². The van der Waals surface area contributed by atoms with Crippen molar-refractivity contribution in [2.75, 3.05) is 22.9 Å². The van der Waals surface area contributed by atoms with Gasteiger partial charge in [0.15, 0.2) is 0 Å². The Morgan fingerprint density at radius 1 is 1.12 bits per heavy atom. The zero-order chi connectivity index (χ0) is 18.2. The average Bonchev–Trinajstić information content (AvgIpc) is 2.98. The van der Waals surface area contributed by atoms with Crippen molar-refractivity contribution >= 4 is 71.3 Å². The van der Waals surface area contributed by atoms with Crippen LogP contribution in [0.5, 0.6) is 0 Å². The number of nitrogens with one attached hydrogen (secondary N) is 1. The van der Waals surface area contributed by atoms with Crippen molar-refractivity contribution in [3.8, 4) is 0 Å². The van der Waals surface area contributed by atoms with Crippen molar-refractivity contribution in [1.29, 1.82) is 0 Å². The Balaban J connectivity index is 1.88. The zero-order valence-electron chi connectivity index (χ0n) is 13.5. The first-order valence-corrected chi connectivity index (χ1v) is 11.0. The van der Waals surface area contributed by atoms with Crippen LogP contribution in [0, 0.1) is 3.57 Å². The van der Waals surface area contributed by atoms with E-state index in [4.69, 9.17) is 0 Å². The molecule has 8 heteroatoms. The van der Waals surface area contributed by atoms with Crippen LogP contribution in [-0.4, -0.2) is 27.6 Å². The highest BCUT2D eigenvalue weighted by atomic mass is 127. The Morgan fingerprint density at radius 3 is 2.44 bits per heavy atom. The summed E-state index contributed by atoms with van der Waals surface area (Å²) < 4.78 is 26.6. The summed E-state index contributed by atoms with van der Waals surface area (Å²) in [5.74, 6) is -0.180. The number of thiophene rings is 1. The highest BCUT2D eigenvalue weighted by molar-refractivity contribution is 14.1. The molecule has 0 unspecified atom stereocenters. The van der Waals surface area contributed by atoms with Gasteiger partial charge < -0.3 is 5.32 Å². The number of hydrogen-bond donors (Lipinski definition) is 1. The van der Waals surface area contributed by atoms with Crippen LogP contribution in [0.1, 0.15) is 9.67 Å². The first-order valence-electron chi connectivity index (χ1n) is 7.28. The fourth-order valence-electron chi connectivity index (χ4n) is 2.26. The highest BCUT2D eigenvalue weighted by Gasteiger charge is 2.15. The number of sulfonamides is 1. The maximum atomic E-state index is 12.4. The first-order chi connectivity index (χ1) is 11.7.